The van der Waals surface area contributed by atoms with Gasteiger partial charge in [-0.1, -0.05) is 86.3 Å². The first-order chi connectivity index (χ1) is 15.2. The maximum absolute atomic E-state index is 12.6. The summed E-state index contributed by atoms with van der Waals surface area (Å²) in [5.74, 6) is 1.15. The van der Waals surface area contributed by atoms with Crippen molar-refractivity contribution in [3.63, 3.8) is 0 Å². The third-order valence-electron chi connectivity index (χ3n) is 5.33. The van der Waals surface area contributed by atoms with Crippen molar-refractivity contribution in [1.82, 2.24) is 25.0 Å². The van der Waals surface area contributed by atoms with Crippen molar-refractivity contribution >= 4 is 17.7 Å². The van der Waals surface area contributed by atoms with Crippen LogP contribution >= 0.6 is 11.8 Å². The molecule has 6 nitrogen and oxygen atoms in total. The SMILES string of the molecule is CCN(CC)C(CNC(=O)CSc1nnc(-c2ccccc2)n1CC)c1ccccc1. The van der Waals surface area contributed by atoms with Crippen LogP contribution in [-0.4, -0.2) is 51.0 Å². The highest BCUT2D eigenvalue weighted by molar-refractivity contribution is 7.99. The van der Waals surface area contributed by atoms with Crippen LogP contribution in [0.5, 0.6) is 0 Å². The number of amides is 1. The molecule has 1 unspecified atom stereocenters. The van der Waals surface area contributed by atoms with Gasteiger partial charge in [-0.25, -0.2) is 0 Å². The zero-order chi connectivity index (χ0) is 22.1. The van der Waals surface area contributed by atoms with Gasteiger partial charge in [-0.2, -0.15) is 0 Å². The van der Waals surface area contributed by atoms with E-state index in [1.54, 1.807) is 0 Å². The molecule has 1 atom stereocenters. The number of nitrogens with zero attached hydrogens (tertiary/aromatic N) is 4. The molecule has 1 aromatic heterocycles. The second kappa shape index (κ2) is 11.7. The molecule has 0 saturated carbocycles. The third-order valence-corrected chi connectivity index (χ3v) is 6.29. The molecular formula is C24H31N5OS. The topological polar surface area (TPSA) is 63.1 Å². The van der Waals surface area contributed by atoms with Crippen LogP contribution in [0, 0.1) is 0 Å². The lowest BCUT2D eigenvalue weighted by atomic mass is 10.1. The summed E-state index contributed by atoms with van der Waals surface area (Å²) >= 11 is 1.43. The Morgan fingerprint density at radius 1 is 1.00 bits per heavy atom. The number of benzene rings is 2. The maximum atomic E-state index is 12.6. The molecule has 31 heavy (non-hydrogen) atoms. The lowest BCUT2D eigenvalue weighted by Crippen LogP contribution is -2.38. The van der Waals surface area contributed by atoms with Crippen molar-refractivity contribution in [1.29, 1.82) is 0 Å². The fourth-order valence-electron chi connectivity index (χ4n) is 3.67. The minimum Gasteiger partial charge on any atom is -0.353 e. The van der Waals surface area contributed by atoms with Gasteiger partial charge in [0.2, 0.25) is 5.91 Å². The van der Waals surface area contributed by atoms with Crippen molar-refractivity contribution in [2.75, 3.05) is 25.4 Å². The molecule has 1 amide bonds. The van der Waals surface area contributed by atoms with E-state index in [0.29, 0.717) is 12.3 Å². The molecule has 0 fully saturated rings. The summed E-state index contributed by atoms with van der Waals surface area (Å²) in [4.78, 5) is 15.0. The van der Waals surface area contributed by atoms with E-state index < -0.39 is 0 Å². The summed E-state index contributed by atoms with van der Waals surface area (Å²) in [5, 5.41) is 12.6. The quantitative estimate of drug-likeness (QED) is 0.454. The summed E-state index contributed by atoms with van der Waals surface area (Å²) in [6.45, 7) is 9.57. The van der Waals surface area contributed by atoms with E-state index in [2.05, 4.69) is 57.9 Å². The first kappa shape index (κ1) is 23.0. The number of carbonyl (C=O) groups excluding carboxylic acids is 1. The Morgan fingerprint density at radius 2 is 1.65 bits per heavy atom. The van der Waals surface area contributed by atoms with Crippen LogP contribution < -0.4 is 5.32 Å². The zero-order valence-corrected chi connectivity index (χ0v) is 19.3. The van der Waals surface area contributed by atoms with E-state index in [1.807, 2.05) is 48.5 Å². The number of likely N-dealkylation sites (N-methyl/N-ethyl adjacent to an activating group) is 1. The number of carbonyl (C=O) groups is 1. The number of aromatic nitrogens is 3. The van der Waals surface area contributed by atoms with Crippen molar-refractivity contribution in [3.8, 4) is 11.4 Å². The first-order valence-electron chi connectivity index (χ1n) is 10.8. The number of rotatable bonds is 11. The Kier molecular flexibility index (Phi) is 8.67. The zero-order valence-electron chi connectivity index (χ0n) is 18.5. The van der Waals surface area contributed by atoms with Gasteiger partial charge in [0.1, 0.15) is 0 Å². The van der Waals surface area contributed by atoms with Gasteiger partial charge in [0, 0.05) is 18.7 Å². The Labute approximate surface area is 189 Å². The van der Waals surface area contributed by atoms with E-state index in [1.165, 1.54) is 17.3 Å². The molecule has 0 aliphatic rings. The van der Waals surface area contributed by atoms with Crippen molar-refractivity contribution < 1.29 is 4.79 Å². The average molecular weight is 438 g/mol. The predicted octanol–water partition coefficient (Wildman–Crippen LogP) is 4.26. The van der Waals surface area contributed by atoms with Gasteiger partial charge in [-0.05, 0) is 25.6 Å². The highest BCUT2D eigenvalue weighted by Crippen LogP contribution is 2.24. The molecule has 2 aromatic carbocycles. The van der Waals surface area contributed by atoms with Crippen molar-refractivity contribution in [2.45, 2.75) is 38.5 Å². The molecule has 0 spiro atoms. The van der Waals surface area contributed by atoms with Crippen LogP contribution in [-0.2, 0) is 11.3 Å². The van der Waals surface area contributed by atoms with Crippen molar-refractivity contribution in [3.05, 3.63) is 66.2 Å². The third kappa shape index (κ3) is 5.95. The normalized spacial score (nSPS) is 12.1. The Bertz CT molecular complexity index is 941. The van der Waals surface area contributed by atoms with E-state index >= 15 is 0 Å². The average Bonchev–Trinajstić information content (AvgIpc) is 3.24. The second-order valence-corrected chi connectivity index (χ2v) is 8.10. The summed E-state index contributed by atoms with van der Waals surface area (Å²) in [5.41, 5.74) is 2.25. The number of hydrogen-bond donors (Lipinski definition) is 1. The monoisotopic (exact) mass is 437 g/mol. The second-order valence-electron chi connectivity index (χ2n) is 7.16. The highest BCUT2D eigenvalue weighted by Gasteiger charge is 2.19. The smallest absolute Gasteiger partial charge is 0.230 e. The van der Waals surface area contributed by atoms with Crippen LogP contribution in [0.4, 0.5) is 0 Å². The molecule has 1 heterocycles. The van der Waals surface area contributed by atoms with Crippen LogP contribution in [0.1, 0.15) is 32.4 Å². The summed E-state index contributed by atoms with van der Waals surface area (Å²) in [7, 11) is 0. The molecule has 0 bridgehead atoms. The Hall–Kier alpha value is -2.64. The molecule has 3 aromatic rings. The number of thioether (sulfide) groups is 1. The minimum absolute atomic E-state index is 0.00463. The molecule has 164 valence electrons. The van der Waals surface area contributed by atoms with E-state index in [-0.39, 0.29) is 11.9 Å². The Morgan fingerprint density at radius 3 is 2.26 bits per heavy atom. The fourth-order valence-corrected chi connectivity index (χ4v) is 4.50. The van der Waals surface area contributed by atoms with Crippen LogP contribution in [0.25, 0.3) is 11.4 Å². The predicted molar refractivity (Wildman–Crippen MR) is 127 cm³/mol. The van der Waals surface area contributed by atoms with Gasteiger partial charge >= 0.3 is 0 Å². The largest absolute Gasteiger partial charge is 0.353 e. The molecule has 0 radical (unpaired) electrons. The van der Waals surface area contributed by atoms with Gasteiger partial charge < -0.3 is 9.88 Å². The van der Waals surface area contributed by atoms with E-state index in [0.717, 1.165) is 36.2 Å². The van der Waals surface area contributed by atoms with Gasteiger partial charge in [0.05, 0.1) is 11.8 Å². The lowest BCUT2D eigenvalue weighted by Gasteiger charge is -2.30. The molecule has 0 saturated heterocycles. The standard InChI is InChI=1S/C24H31N5OS/c1-4-28(5-2)21(19-13-9-7-10-14-19)17-25-22(30)18-31-24-27-26-23(29(24)6-3)20-15-11-8-12-16-20/h7-16,21H,4-6,17-18H2,1-3H3,(H,25,30). The summed E-state index contributed by atoms with van der Waals surface area (Å²) < 4.78 is 2.05. The van der Waals surface area contributed by atoms with Crippen LogP contribution in [0.3, 0.4) is 0 Å². The van der Waals surface area contributed by atoms with Gasteiger partial charge in [0.15, 0.2) is 11.0 Å². The molecule has 0 aliphatic carbocycles. The fraction of sp³-hybridized carbons (Fsp3) is 0.375. The molecule has 7 heteroatoms. The van der Waals surface area contributed by atoms with Gasteiger partial charge in [0.25, 0.3) is 0 Å². The lowest BCUT2D eigenvalue weighted by molar-refractivity contribution is -0.118. The number of nitrogens with one attached hydrogen (secondary N) is 1. The number of hydrogen-bond acceptors (Lipinski definition) is 5. The van der Waals surface area contributed by atoms with Crippen LogP contribution in [0.2, 0.25) is 0 Å². The first-order valence-corrected chi connectivity index (χ1v) is 11.8. The molecule has 0 aliphatic heterocycles. The van der Waals surface area contributed by atoms with Gasteiger partial charge in [-0.3, -0.25) is 9.69 Å². The maximum Gasteiger partial charge on any atom is 0.230 e. The van der Waals surface area contributed by atoms with Gasteiger partial charge in [-0.15, -0.1) is 10.2 Å². The minimum atomic E-state index is 0.00463. The highest BCUT2D eigenvalue weighted by atomic mass is 32.2. The Balaban J connectivity index is 1.61. The van der Waals surface area contributed by atoms with Crippen molar-refractivity contribution in [2.24, 2.45) is 0 Å². The molecule has 3 rings (SSSR count). The van der Waals surface area contributed by atoms with Crippen LogP contribution in [0.15, 0.2) is 65.8 Å². The van der Waals surface area contributed by atoms with E-state index in [4.69, 9.17) is 0 Å². The van der Waals surface area contributed by atoms with E-state index in [9.17, 15) is 4.79 Å². The summed E-state index contributed by atoms with van der Waals surface area (Å²) in [6, 6.07) is 20.5. The summed E-state index contributed by atoms with van der Waals surface area (Å²) in [6.07, 6.45) is 0. The molecular weight excluding hydrogens is 406 g/mol. The molecule has 1 N–H and O–H groups in total.